The number of nitrogens with one attached hydrogen (secondary N) is 1. The molecule has 0 aliphatic carbocycles. The molecule has 0 unspecified atom stereocenters. The van der Waals surface area contributed by atoms with Gasteiger partial charge in [-0.2, -0.15) is 26.3 Å². The second-order valence-corrected chi connectivity index (χ2v) is 5.60. The summed E-state index contributed by atoms with van der Waals surface area (Å²) in [5.41, 5.74) is -3.44. The molecule has 0 spiro atoms. The highest BCUT2D eigenvalue weighted by atomic mass is 19.4. The van der Waals surface area contributed by atoms with Gasteiger partial charge < -0.3 is 10.1 Å². The Morgan fingerprint density at radius 1 is 1.00 bits per heavy atom. The van der Waals surface area contributed by atoms with Gasteiger partial charge in [0.05, 0.1) is 11.1 Å². The van der Waals surface area contributed by atoms with E-state index in [0.29, 0.717) is 38.2 Å². The van der Waals surface area contributed by atoms with E-state index in [2.05, 4.69) is 5.32 Å². The summed E-state index contributed by atoms with van der Waals surface area (Å²) in [6, 6.07) is 1.02. The normalized spacial score (nSPS) is 16.9. The van der Waals surface area contributed by atoms with Crippen molar-refractivity contribution in [2.45, 2.75) is 31.6 Å². The lowest BCUT2D eigenvalue weighted by atomic mass is 9.96. The highest BCUT2D eigenvalue weighted by molar-refractivity contribution is 5.91. The van der Waals surface area contributed by atoms with Gasteiger partial charge in [0.1, 0.15) is 0 Å². The second-order valence-electron chi connectivity index (χ2n) is 5.60. The molecular formula is C15H15F6NO2. The Morgan fingerprint density at radius 3 is 1.96 bits per heavy atom. The predicted octanol–water partition coefficient (Wildman–Crippen LogP) is 4.48. The third-order valence-corrected chi connectivity index (χ3v) is 3.69. The van der Waals surface area contributed by atoms with Gasteiger partial charge in [-0.05, 0) is 37.0 Å². The molecule has 24 heavy (non-hydrogen) atoms. The quantitative estimate of drug-likeness (QED) is 0.812. The van der Waals surface area contributed by atoms with E-state index in [1.165, 1.54) is 0 Å². The zero-order valence-corrected chi connectivity index (χ0v) is 12.4. The van der Waals surface area contributed by atoms with Crippen LogP contribution in [0, 0.1) is 5.92 Å². The van der Waals surface area contributed by atoms with E-state index in [1.54, 1.807) is 0 Å². The fourth-order valence-electron chi connectivity index (χ4n) is 2.45. The first-order chi connectivity index (χ1) is 11.1. The first kappa shape index (κ1) is 18.6. The van der Waals surface area contributed by atoms with Crippen LogP contribution in [0.25, 0.3) is 0 Å². The molecule has 9 heteroatoms. The van der Waals surface area contributed by atoms with Crippen molar-refractivity contribution in [3.8, 4) is 0 Å². The SMILES string of the molecule is O=C(CC1CCOCC1)Nc1cc(C(F)(F)F)cc(C(F)(F)F)c1. The van der Waals surface area contributed by atoms with Crippen LogP contribution in [0.3, 0.4) is 0 Å². The monoisotopic (exact) mass is 355 g/mol. The highest BCUT2D eigenvalue weighted by Gasteiger charge is 2.37. The first-order valence-corrected chi connectivity index (χ1v) is 7.23. The third-order valence-electron chi connectivity index (χ3n) is 3.69. The van der Waals surface area contributed by atoms with Crippen molar-refractivity contribution in [3.63, 3.8) is 0 Å². The number of halogens is 6. The molecule has 1 fully saturated rings. The molecule has 2 rings (SSSR count). The number of hydrogen-bond acceptors (Lipinski definition) is 2. The Bertz CT molecular complexity index is 558. The number of ether oxygens (including phenoxy) is 1. The summed E-state index contributed by atoms with van der Waals surface area (Å²) in [4.78, 5) is 11.9. The van der Waals surface area contributed by atoms with E-state index in [4.69, 9.17) is 4.74 Å². The lowest BCUT2D eigenvalue weighted by Crippen LogP contribution is -2.22. The second kappa shape index (κ2) is 7.00. The maximum absolute atomic E-state index is 12.8. The highest BCUT2D eigenvalue weighted by Crippen LogP contribution is 2.37. The lowest BCUT2D eigenvalue weighted by molar-refractivity contribution is -0.143. The van der Waals surface area contributed by atoms with Crippen molar-refractivity contribution in [2.75, 3.05) is 18.5 Å². The van der Waals surface area contributed by atoms with Crippen LogP contribution in [0.4, 0.5) is 32.0 Å². The molecule has 1 aliphatic rings. The standard InChI is InChI=1S/C15H15F6NO2/c16-14(17,18)10-6-11(15(19,20)21)8-12(7-10)22-13(23)5-9-1-3-24-4-2-9/h6-9H,1-5H2,(H,22,23). The largest absolute Gasteiger partial charge is 0.416 e. The molecule has 0 radical (unpaired) electrons. The molecule has 1 N–H and O–H groups in total. The molecule has 3 nitrogen and oxygen atoms in total. The molecule has 0 aromatic heterocycles. The number of alkyl halides is 6. The summed E-state index contributed by atoms with van der Waals surface area (Å²) < 4.78 is 81.6. The zero-order valence-electron chi connectivity index (χ0n) is 12.4. The van der Waals surface area contributed by atoms with Gasteiger partial charge in [-0.1, -0.05) is 0 Å². The van der Waals surface area contributed by atoms with E-state index in [1.807, 2.05) is 0 Å². The number of hydrogen-bond donors (Lipinski definition) is 1. The van der Waals surface area contributed by atoms with Crippen molar-refractivity contribution >= 4 is 11.6 Å². The van der Waals surface area contributed by atoms with Crippen LogP contribution in [0.5, 0.6) is 0 Å². The molecule has 1 aromatic carbocycles. The third kappa shape index (κ3) is 5.12. The van der Waals surface area contributed by atoms with Crippen molar-refractivity contribution in [2.24, 2.45) is 5.92 Å². The van der Waals surface area contributed by atoms with Gasteiger partial charge in [0.25, 0.3) is 0 Å². The van der Waals surface area contributed by atoms with Crippen LogP contribution >= 0.6 is 0 Å². The number of carbonyl (C=O) groups is 1. The van der Waals surface area contributed by atoms with Crippen LogP contribution in [-0.4, -0.2) is 19.1 Å². The van der Waals surface area contributed by atoms with Crippen molar-refractivity contribution < 1.29 is 35.9 Å². The molecule has 134 valence electrons. The Balaban J connectivity index is 2.17. The van der Waals surface area contributed by atoms with E-state index in [9.17, 15) is 31.1 Å². The van der Waals surface area contributed by atoms with E-state index >= 15 is 0 Å². The van der Waals surface area contributed by atoms with Crippen LogP contribution < -0.4 is 5.32 Å². The topological polar surface area (TPSA) is 38.3 Å². The Labute approximate surface area is 134 Å². The number of benzene rings is 1. The first-order valence-electron chi connectivity index (χ1n) is 7.23. The Kier molecular flexibility index (Phi) is 5.42. The van der Waals surface area contributed by atoms with Gasteiger partial charge >= 0.3 is 12.4 Å². The van der Waals surface area contributed by atoms with Crippen LogP contribution in [0.1, 0.15) is 30.4 Å². The minimum atomic E-state index is -4.94. The number of amides is 1. The van der Waals surface area contributed by atoms with Gasteiger partial charge in [-0.3, -0.25) is 4.79 Å². The summed E-state index contributed by atoms with van der Waals surface area (Å²) in [6.07, 6.45) is -8.60. The summed E-state index contributed by atoms with van der Waals surface area (Å²) in [5, 5.41) is 2.13. The van der Waals surface area contributed by atoms with Crippen molar-refractivity contribution in [1.82, 2.24) is 0 Å². The van der Waals surface area contributed by atoms with Gasteiger partial charge in [-0.25, -0.2) is 0 Å². The Hall–Kier alpha value is -1.77. The molecule has 1 amide bonds. The molecule has 1 saturated heterocycles. The summed E-state index contributed by atoms with van der Waals surface area (Å²) in [6.45, 7) is 0.972. The molecule has 1 aliphatic heterocycles. The number of carbonyl (C=O) groups excluding carboxylic acids is 1. The fraction of sp³-hybridized carbons (Fsp3) is 0.533. The summed E-state index contributed by atoms with van der Waals surface area (Å²) in [7, 11) is 0. The van der Waals surface area contributed by atoms with E-state index < -0.39 is 35.1 Å². The average molecular weight is 355 g/mol. The summed E-state index contributed by atoms with van der Waals surface area (Å²) in [5.74, 6) is -0.610. The van der Waals surface area contributed by atoms with Gasteiger partial charge in [0.15, 0.2) is 0 Å². The minimum absolute atomic E-state index is 0.00614. The molecule has 1 heterocycles. The number of anilines is 1. The van der Waals surface area contributed by atoms with Crippen LogP contribution in [0.15, 0.2) is 18.2 Å². The van der Waals surface area contributed by atoms with E-state index in [0.717, 1.165) is 0 Å². The van der Waals surface area contributed by atoms with Gasteiger partial charge in [0, 0.05) is 25.3 Å². The van der Waals surface area contributed by atoms with Gasteiger partial charge in [0.2, 0.25) is 5.91 Å². The molecule has 1 aromatic rings. The maximum atomic E-state index is 12.8. The predicted molar refractivity (Wildman–Crippen MR) is 73.2 cm³/mol. The average Bonchev–Trinajstić information content (AvgIpc) is 2.46. The van der Waals surface area contributed by atoms with Gasteiger partial charge in [-0.15, -0.1) is 0 Å². The molecule has 0 bridgehead atoms. The van der Waals surface area contributed by atoms with Crippen molar-refractivity contribution in [3.05, 3.63) is 29.3 Å². The fourth-order valence-corrected chi connectivity index (χ4v) is 2.45. The molecular weight excluding hydrogens is 340 g/mol. The van der Waals surface area contributed by atoms with Crippen LogP contribution in [-0.2, 0) is 21.9 Å². The Morgan fingerprint density at radius 2 is 1.50 bits per heavy atom. The zero-order chi connectivity index (χ0) is 18.0. The summed E-state index contributed by atoms with van der Waals surface area (Å²) >= 11 is 0. The lowest BCUT2D eigenvalue weighted by Gasteiger charge is -2.21. The van der Waals surface area contributed by atoms with Crippen LogP contribution in [0.2, 0.25) is 0 Å². The van der Waals surface area contributed by atoms with E-state index in [-0.39, 0.29) is 18.4 Å². The number of rotatable bonds is 3. The van der Waals surface area contributed by atoms with Crippen molar-refractivity contribution in [1.29, 1.82) is 0 Å². The minimum Gasteiger partial charge on any atom is -0.381 e. The smallest absolute Gasteiger partial charge is 0.381 e. The molecule has 0 saturated carbocycles. The maximum Gasteiger partial charge on any atom is 0.416 e. The molecule has 0 atom stereocenters.